The summed E-state index contributed by atoms with van der Waals surface area (Å²) in [5, 5.41) is 13.2. The predicted molar refractivity (Wildman–Crippen MR) is 96.6 cm³/mol. The van der Waals surface area contributed by atoms with Gasteiger partial charge in [0.15, 0.2) is 0 Å². The Morgan fingerprint density at radius 2 is 2.12 bits per heavy atom. The Hall–Kier alpha value is -2.79. The third-order valence-electron chi connectivity index (χ3n) is 4.55. The van der Waals surface area contributed by atoms with Gasteiger partial charge in [0.25, 0.3) is 5.91 Å². The van der Waals surface area contributed by atoms with Gasteiger partial charge in [-0.25, -0.2) is 0 Å². The summed E-state index contributed by atoms with van der Waals surface area (Å²) >= 11 is 0. The number of fused-ring (bicyclic) bond motifs is 1. The number of amides is 1. The number of hydrogen-bond acceptors (Lipinski definition) is 4. The molecule has 5 nitrogen and oxygen atoms in total. The smallest absolute Gasteiger partial charge is 0.256 e. The Balaban J connectivity index is 1.78. The van der Waals surface area contributed by atoms with Gasteiger partial charge in [0.05, 0.1) is 29.6 Å². The molecule has 4 rings (SSSR count). The highest BCUT2D eigenvalue weighted by Gasteiger charge is 2.27. The zero-order valence-corrected chi connectivity index (χ0v) is 14.0. The maximum Gasteiger partial charge on any atom is 0.256 e. The van der Waals surface area contributed by atoms with E-state index in [4.69, 9.17) is 4.98 Å². The Morgan fingerprint density at radius 3 is 2.88 bits per heavy atom. The molecule has 1 aliphatic rings. The number of aliphatic hydroxyl groups excluding tert-OH is 1. The van der Waals surface area contributed by atoms with E-state index in [9.17, 15) is 9.90 Å². The first kappa shape index (κ1) is 15.7. The number of benzene rings is 1. The average molecular weight is 333 g/mol. The molecule has 25 heavy (non-hydrogen) atoms. The van der Waals surface area contributed by atoms with Crippen LogP contribution in [0.4, 0.5) is 5.69 Å². The molecule has 3 aromatic rings. The van der Waals surface area contributed by atoms with E-state index in [1.54, 1.807) is 18.5 Å². The highest BCUT2D eigenvalue weighted by Crippen LogP contribution is 2.40. The monoisotopic (exact) mass is 333 g/mol. The van der Waals surface area contributed by atoms with Gasteiger partial charge >= 0.3 is 0 Å². The highest BCUT2D eigenvalue weighted by molar-refractivity contribution is 6.12. The molecule has 0 saturated heterocycles. The van der Waals surface area contributed by atoms with Crippen LogP contribution in [-0.4, -0.2) is 21.0 Å². The van der Waals surface area contributed by atoms with Crippen molar-refractivity contribution in [1.82, 2.24) is 9.97 Å². The van der Waals surface area contributed by atoms with Crippen molar-refractivity contribution in [2.45, 2.75) is 32.3 Å². The number of aryl methyl sites for hydroxylation is 1. The Kier molecular flexibility index (Phi) is 3.93. The molecule has 0 unspecified atom stereocenters. The molecule has 0 bridgehead atoms. The second-order valence-corrected chi connectivity index (χ2v) is 6.53. The van der Waals surface area contributed by atoms with E-state index >= 15 is 0 Å². The van der Waals surface area contributed by atoms with Gasteiger partial charge in [0, 0.05) is 28.8 Å². The fourth-order valence-electron chi connectivity index (χ4n) is 3.00. The van der Waals surface area contributed by atoms with Gasteiger partial charge in [0.2, 0.25) is 0 Å². The van der Waals surface area contributed by atoms with Crippen molar-refractivity contribution >= 4 is 22.5 Å². The van der Waals surface area contributed by atoms with Crippen molar-refractivity contribution in [2.75, 3.05) is 5.32 Å². The van der Waals surface area contributed by atoms with E-state index in [2.05, 4.69) is 10.3 Å². The summed E-state index contributed by atoms with van der Waals surface area (Å²) in [6.45, 7) is 1.85. The van der Waals surface area contributed by atoms with Crippen molar-refractivity contribution in [1.29, 1.82) is 0 Å². The molecule has 2 heterocycles. The number of anilines is 1. The summed E-state index contributed by atoms with van der Waals surface area (Å²) in [6.07, 6.45) is 5.41. The lowest BCUT2D eigenvalue weighted by Gasteiger charge is -2.12. The SMILES string of the molecule is Cc1ccc2nc(C3CC3)cc(C(=O)Nc3cnccc3CO)c2c1. The summed E-state index contributed by atoms with van der Waals surface area (Å²) in [4.78, 5) is 21.7. The molecule has 2 N–H and O–H groups in total. The number of carbonyl (C=O) groups is 1. The lowest BCUT2D eigenvalue weighted by Crippen LogP contribution is -2.15. The van der Waals surface area contributed by atoms with Crippen LogP contribution in [0.15, 0.2) is 42.7 Å². The van der Waals surface area contributed by atoms with Crippen molar-refractivity contribution in [3.05, 3.63) is 65.1 Å². The van der Waals surface area contributed by atoms with Crippen molar-refractivity contribution < 1.29 is 9.90 Å². The minimum Gasteiger partial charge on any atom is -0.392 e. The highest BCUT2D eigenvalue weighted by atomic mass is 16.3. The first-order chi connectivity index (χ1) is 12.2. The summed E-state index contributed by atoms with van der Waals surface area (Å²) in [7, 11) is 0. The van der Waals surface area contributed by atoms with Crippen LogP contribution in [0.5, 0.6) is 0 Å². The van der Waals surface area contributed by atoms with Gasteiger partial charge < -0.3 is 10.4 Å². The number of pyridine rings is 2. The molecule has 2 aromatic heterocycles. The molecule has 0 spiro atoms. The van der Waals surface area contributed by atoms with E-state index in [-0.39, 0.29) is 12.5 Å². The summed E-state index contributed by atoms with van der Waals surface area (Å²) in [6, 6.07) is 9.57. The molecule has 1 aromatic carbocycles. The number of hydrogen-bond donors (Lipinski definition) is 2. The van der Waals surface area contributed by atoms with Crippen LogP contribution in [-0.2, 0) is 6.61 Å². The van der Waals surface area contributed by atoms with E-state index in [1.165, 1.54) is 0 Å². The summed E-state index contributed by atoms with van der Waals surface area (Å²) in [5.74, 6) is 0.256. The molecular weight excluding hydrogens is 314 g/mol. The lowest BCUT2D eigenvalue weighted by atomic mass is 10.0. The van der Waals surface area contributed by atoms with E-state index in [0.717, 1.165) is 35.0 Å². The average Bonchev–Trinajstić information content (AvgIpc) is 3.46. The van der Waals surface area contributed by atoms with Crippen LogP contribution in [0.1, 0.15) is 45.9 Å². The molecule has 1 amide bonds. The topological polar surface area (TPSA) is 75.1 Å². The van der Waals surface area contributed by atoms with Crippen molar-refractivity contribution in [3.8, 4) is 0 Å². The molecule has 126 valence electrons. The molecule has 0 atom stereocenters. The third kappa shape index (κ3) is 3.10. The molecule has 0 radical (unpaired) electrons. The molecular formula is C20H19N3O2. The van der Waals surface area contributed by atoms with E-state index in [1.807, 2.05) is 31.2 Å². The fraction of sp³-hybridized carbons (Fsp3) is 0.250. The molecule has 1 saturated carbocycles. The fourth-order valence-corrected chi connectivity index (χ4v) is 3.00. The third-order valence-corrected chi connectivity index (χ3v) is 4.55. The van der Waals surface area contributed by atoms with Gasteiger partial charge in [-0.05, 0) is 44.0 Å². The van der Waals surface area contributed by atoms with Gasteiger partial charge in [-0.1, -0.05) is 11.6 Å². The number of nitrogens with one attached hydrogen (secondary N) is 1. The van der Waals surface area contributed by atoms with Gasteiger partial charge in [-0.2, -0.15) is 0 Å². The van der Waals surface area contributed by atoms with Crippen LogP contribution in [0, 0.1) is 6.92 Å². The standard InChI is InChI=1S/C20H19N3O2/c1-12-2-5-17-15(8-12)16(9-18(22-17)13-3-4-13)20(25)23-19-10-21-7-6-14(19)11-24/h2,5-10,13,24H,3-4,11H2,1H3,(H,23,25). The molecule has 0 aliphatic heterocycles. The summed E-state index contributed by atoms with van der Waals surface area (Å²) < 4.78 is 0. The Morgan fingerprint density at radius 1 is 1.28 bits per heavy atom. The predicted octanol–water partition coefficient (Wildman–Crippen LogP) is 3.56. The quantitative estimate of drug-likeness (QED) is 0.765. The van der Waals surface area contributed by atoms with Crippen LogP contribution in [0.2, 0.25) is 0 Å². The van der Waals surface area contributed by atoms with Gasteiger partial charge in [0.1, 0.15) is 0 Å². The van der Waals surface area contributed by atoms with Crippen LogP contribution < -0.4 is 5.32 Å². The first-order valence-corrected chi connectivity index (χ1v) is 8.42. The van der Waals surface area contributed by atoms with E-state index < -0.39 is 0 Å². The Bertz CT molecular complexity index is 964. The number of rotatable bonds is 4. The van der Waals surface area contributed by atoms with E-state index in [0.29, 0.717) is 22.7 Å². The number of aliphatic hydroxyl groups is 1. The maximum absolute atomic E-state index is 13.0. The summed E-state index contributed by atoms with van der Waals surface area (Å²) in [5.41, 5.74) is 4.69. The minimum atomic E-state index is -0.206. The first-order valence-electron chi connectivity index (χ1n) is 8.42. The zero-order chi connectivity index (χ0) is 17.4. The van der Waals surface area contributed by atoms with Gasteiger partial charge in [-0.3, -0.25) is 14.8 Å². The Labute approximate surface area is 145 Å². The number of nitrogens with zero attached hydrogens (tertiary/aromatic N) is 2. The van der Waals surface area contributed by atoms with Crippen molar-refractivity contribution in [2.24, 2.45) is 0 Å². The second kappa shape index (κ2) is 6.26. The minimum absolute atomic E-state index is 0.151. The number of carbonyl (C=O) groups excluding carboxylic acids is 1. The molecule has 5 heteroatoms. The van der Waals surface area contributed by atoms with Crippen molar-refractivity contribution in [3.63, 3.8) is 0 Å². The zero-order valence-electron chi connectivity index (χ0n) is 14.0. The second-order valence-electron chi connectivity index (χ2n) is 6.53. The van der Waals surface area contributed by atoms with Crippen LogP contribution >= 0.6 is 0 Å². The molecule has 1 aliphatic carbocycles. The lowest BCUT2D eigenvalue weighted by molar-refractivity contribution is 0.102. The molecule has 1 fully saturated rings. The maximum atomic E-state index is 13.0. The van der Waals surface area contributed by atoms with Gasteiger partial charge in [-0.15, -0.1) is 0 Å². The normalized spacial score (nSPS) is 13.8. The van der Waals surface area contributed by atoms with Crippen LogP contribution in [0.3, 0.4) is 0 Å². The number of aromatic nitrogens is 2. The largest absolute Gasteiger partial charge is 0.392 e. The van der Waals surface area contributed by atoms with Crippen LogP contribution in [0.25, 0.3) is 10.9 Å².